The number of thiazole rings is 1. The molecule has 0 saturated heterocycles. The molecule has 2 rings (SSSR count). The van der Waals surface area contributed by atoms with E-state index in [-0.39, 0.29) is 11.9 Å². The fourth-order valence-electron chi connectivity index (χ4n) is 1.67. The van der Waals surface area contributed by atoms with Crippen LogP contribution in [-0.4, -0.2) is 4.98 Å². The monoisotopic (exact) mass is 343 g/mol. The van der Waals surface area contributed by atoms with E-state index in [4.69, 9.17) is 5.73 Å². The number of aryl methyl sites for hydroxylation is 1. The molecule has 0 radical (unpaired) electrons. The predicted molar refractivity (Wildman–Crippen MR) is 82.0 cm³/mol. The van der Waals surface area contributed by atoms with Gasteiger partial charge in [-0.1, -0.05) is 6.92 Å². The third-order valence-electron chi connectivity index (χ3n) is 2.75. The van der Waals surface area contributed by atoms with Crippen LogP contribution < -0.4 is 11.1 Å². The lowest BCUT2D eigenvalue weighted by atomic mass is 10.2. The zero-order chi connectivity index (χ0) is 14.0. The Balaban J connectivity index is 2.18. The van der Waals surface area contributed by atoms with E-state index in [0.29, 0.717) is 15.8 Å². The molecule has 19 heavy (non-hydrogen) atoms. The second-order valence-corrected chi connectivity index (χ2v) is 6.24. The zero-order valence-corrected chi connectivity index (χ0v) is 13.1. The number of hydrogen-bond acceptors (Lipinski definition) is 4. The summed E-state index contributed by atoms with van der Waals surface area (Å²) in [7, 11) is 0. The topological polar surface area (TPSA) is 50.9 Å². The Morgan fingerprint density at radius 1 is 1.53 bits per heavy atom. The van der Waals surface area contributed by atoms with Gasteiger partial charge in [0, 0.05) is 17.1 Å². The number of nitrogens with two attached hydrogens (primary N) is 1. The van der Waals surface area contributed by atoms with E-state index in [2.05, 4.69) is 33.2 Å². The van der Waals surface area contributed by atoms with Gasteiger partial charge in [-0.05, 0) is 35.3 Å². The number of halogens is 2. The van der Waals surface area contributed by atoms with E-state index in [0.717, 1.165) is 11.4 Å². The summed E-state index contributed by atoms with van der Waals surface area (Å²) in [6, 6.07) is 2.98. The molecule has 1 heterocycles. The lowest BCUT2D eigenvalue weighted by Gasteiger charge is -2.15. The van der Waals surface area contributed by atoms with Gasteiger partial charge in [0.2, 0.25) is 0 Å². The average Bonchev–Trinajstić information content (AvgIpc) is 2.84. The molecule has 0 saturated carbocycles. The lowest BCUT2D eigenvalue weighted by Crippen LogP contribution is -2.08. The quantitative estimate of drug-likeness (QED) is 0.810. The highest BCUT2D eigenvalue weighted by molar-refractivity contribution is 9.10. The van der Waals surface area contributed by atoms with Crippen molar-refractivity contribution in [3.8, 4) is 0 Å². The van der Waals surface area contributed by atoms with Crippen molar-refractivity contribution in [1.82, 2.24) is 4.98 Å². The molecule has 2 aromatic rings. The van der Waals surface area contributed by atoms with Gasteiger partial charge in [-0.25, -0.2) is 9.37 Å². The molecule has 0 amide bonds. The molecule has 0 spiro atoms. The number of rotatable bonds is 4. The SMILES string of the molecule is CCc1cnc(C(C)Nc2cc(Br)c(F)cc2N)s1. The molecule has 102 valence electrons. The van der Waals surface area contributed by atoms with Gasteiger partial charge in [0.25, 0.3) is 0 Å². The number of nitrogens with zero attached hydrogens (tertiary/aromatic N) is 1. The second kappa shape index (κ2) is 5.88. The smallest absolute Gasteiger partial charge is 0.139 e. The molecule has 1 aromatic heterocycles. The van der Waals surface area contributed by atoms with Crippen LogP contribution in [0.3, 0.4) is 0 Å². The van der Waals surface area contributed by atoms with Crippen LogP contribution >= 0.6 is 27.3 Å². The summed E-state index contributed by atoms with van der Waals surface area (Å²) in [5.74, 6) is -0.363. The minimum atomic E-state index is -0.363. The Labute approximate surface area is 124 Å². The van der Waals surface area contributed by atoms with Crippen molar-refractivity contribution in [3.63, 3.8) is 0 Å². The normalized spacial score (nSPS) is 12.4. The molecule has 0 fully saturated rings. The number of nitrogens with one attached hydrogen (secondary N) is 1. The molecule has 1 atom stereocenters. The van der Waals surface area contributed by atoms with Crippen LogP contribution in [0.1, 0.15) is 29.8 Å². The molecule has 1 unspecified atom stereocenters. The Kier molecular flexibility index (Phi) is 4.42. The van der Waals surface area contributed by atoms with E-state index in [9.17, 15) is 4.39 Å². The van der Waals surface area contributed by atoms with Crippen LogP contribution in [0.4, 0.5) is 15.8 Å². The van der Waals surface area contributed by atoms with E-state index < -0.39 is 0 Å². The standard InChI is InChI=1S/C13H15BrFN3S/c1-3-8-6-17-13(19-8)7(2)18-12-4-9(14)10(15)5-11(12)16/h4-7,18H,3,16H2,1-2H3. The van der Waals surface area contributed by atoms with Crippen molar-refractivity contribution >= 4 is 38.6 Å². The molecular formula is C13H15BrFN3S. The lowest BCUT2D eigenvalue weighted by molar-refractivity contribution is 0.622. The molecule has 6 heteroatoms. The highest BCUT2D eigenvalue weighted by Gasteiger charge is 2.13. The van der Waals surface area contributed by atoms with Crippen molar-refractivity contribution in [2.24, 2.45) is 0 Å². The third-order valence-corrected chi connectivity index (χ3v) is 4.69. The van der Waals surface area contributed by atoms with Gasteiger partial charge >= 0.3 is 0 Å². The van der Waals surface area contributed by atoms with Gasteiger partial charge in [0.15, 0.2) is 0 Å². The minimum Gasteiger partial charge on any atom is -0.397 e. The maximum absolute atomic E-state index is 13.3. The molecule has 0 aliphatic carbocycles. The first-order valence-corrected chi connectivity index (χ1v) is 7.57. The molecule has 0 bridgehead atoms. The first kappa shape index (κ1) is 14.3. The van der Waals surface area contributed by atoms with E-state index >= 15 is 0 Å². The fraction of sp³-hybridized carbons (Fsp3) is 0.308. The number of hydrogen-bond donors (Lipinski definition) is 2. The number of nitrogen functional groups attached to an aromatic ring is 1. The molecule has 3 nitrogen and oxygen atoms in total. The van der Waals surface area contributed by atoms with E-state index in [1.165, 1.54) is 10.9 Å². The largest absolute Gasteiger partial charge is 0.397 e. The van der Waals surface area contributed by atoms with Gasteiger partial charge in [0.1, 0.15) is 10.8 Å². The summed E-state index contributed by atoms with van der Waals surface area (Å²) >= 11 is 4.83. The average molecular weight is 344 g/mol. The van der Waals surface area contributed by atoms with Crippen LogP contribution in [0.5, 0.6) is 0 Å². The third kappa shape index (κ3) is 3.25. The summed E-state index contributed by atoms with van der Waals surface area (Å²) in [6.07, 6.45) is 2.87. The summed E-state index contributed by atoms with van der Waals surface area (Å²) in [4.78, 5) is 5.63. The van der Waals surface area contributed by atoms with Crippen LogP contribution in [0.25, 0.3) is 0 Å². The molecule has 1 aromatic carbocycles. The highest BCUT2D eigenvalue weighted by Crippen LogP contribution is 2.30. The fourth-order valence-corrected chi connectivity index (χ4v) is 2.87. The van der Waals surface area contributed by atoms with Crippen molar-refractivity contribution in [1.29, 1.82) is 0 Å². The maximum Gasteiger partial charge on any atom is 0.139 e. The van der Waals surface area contributed by atoms with Gasteiger partial charge in [-0.15, -0.1) is 11.3 Å². The van der Waals surface area contributed by atoms with Gasteiger partial charge < -0.3 is 11.1 Å². The predicted octanol–water partition coefficient (Wildman–Crippen LogP) is 4.36. The summed E-state index contributed by atoms with van der Waals surface area (Å²) in [6.45, 7) is 4.11. The summed E-state index contributed by atoms with van der Waals surface area (Å²) in [5, 5.41) is 4.26. The van der Waals surface area contributed by atoms with Crippen molar-refractivity contribution in [2.45, 2.75) is 26.3 Å². The summed E-state index contributed by atoms with van der Waals surface area (Å²) in [5.41, 5.74) is 6.90. The van der Waals surface area contributed by atoms with Crippen LogP contribution in [0.2, 0.25) is 0 Å². The van der Waals surface area contributed by atoms with Crippen LogP contribution in [-0.2, 0) is 6.42 Å². The second-order valence-electron chi connectivity index (χ2n) is 4.24. The highest BCUT2D eigenvalue weighted by atomic mass is 79.9. The first-order chi connectivity index (χ1) is 9.01. The van der Waals surface area contributed by atoms with Crippen LogP contribution in [0.15, 0.2) is 22.8 Å². The van der Waals surface area contributed by atoms with E-state index in [1.54, 1.807) is 17.4 Å². The Morgan fingerprint density at radius 2 is 2.26 bits per heavy atom. The number of aromatic nitrogens is 1. The summed E-state index contributed by atoms with van der Waals surface area (Å²) < 4.78 is 13.7. The Bertz CT molecular complexity index is 585. The van der Waals surface area contributed by atoms with Gasteiger partial charge in [0.05, 0.1) is 21.9 Å². The number of anilines is 2. The van der Waals surface area contributed by atoms with Gasteiger partial charge in [-0.3, -0.25) is 0 Å². The zero-order valence-electron chi connectivity index (χ0n) is 10.7. The Morgan fingerprint density at radius 3 is 2.89 bits per heavy atom. The number of benzene rings is 1. The molecule has 0 aliphatic heterocycles. The van der Waals surface area contributed by atoms with Crippen LogP contribution in [0, 0.1) is 5.82 Å². The van der Waals surface area contributed by atoms with E-state index in [1.807, 2.05) is 13.1 Å². The van der Waals surface area contributed by atoms with Crippen molar-refractivity contribution < 1.29 is 4.39 Å². The van der Waals surface area contributed by atoms with Crippen molar-refractivity contribution in [3.05, 3.63) is 38.5 Å². The Hall–Kier alpha value is -1.14. The molecule has 0 aliphatic rings. The first-order valence-electron chi connectivity index (χ1n) is 5.97. The minimum absolute atomic E-state index is 0.0324. The molecule has 3 N–H and O–H groups in total. The maximum atomic E-state index is 13.3. The van der Waals surface area contributed by atoms with Crippen molar-refractivity contribution in [2.75, 3.05) is 11.1 Å². The van der Waals surface area contributed by atoms with Gasteiger partial charge in [-0.2, -0.15) is 0 Å². The molecular weight excluding hydrogens is 329 g/mol.